The Morgan fingerprint density at radius 2 is 2.21 bits per heavy atom. The molecule has 2 rings (SSSR count). The molecule has 0 radical (unpaired) electrons. The predicted octanol–water partition coefficient (Wildman–Crippen LogP) is 2.76. The summed E-state index contributed by atoms with van der Waals surface area (Å²) in [6.45, 7) is 7.38. The summed E-state index contributed by atoms with van der Waals surface area (Å²) in [5.41, 5.74) is 1.94. The predicted molar refractivity (Wildman–Crippen MR) is 77.3 cm³/mol. The number of carbonyl (C=O) groups excluding carboxylic acids is 1. The van der Waals surface area contributed by atoms with E-state index < -0.39 is 0 Å². The molecule has 0 atom stereocenters. The highest BCUT2D eigenvalue weighted by Gasteiger charge is 2.19. The molecule has 1 aliphatic rings. The summed E-state index contributed by atoms with van der Waals surface area (Å²) in [6.07, 6.45) is 2.62. The maximum atomic E-state index is 11.9. The first kappa shape index (κ1) is 13.8. The minimum Gasteiger partial charge on any atom is -0.494 e. The van der Waals surface area contributed by atoms with Crippen LogP contribution in [0.1, 0.15) is 25.8 Å². The van der Waals surface area contributed by atoms with Crippen LogP contribution in [0.15, 0.2) is 29.8 Å². The van der Waals surface area contributed by atoms with E-state index in [1.807, 2.05) is 37.3 Å². The third-order valence-electron chi connectivity index (χ3n) is 3.36. The number of rotatable bonds is 4. The molecule has 0 spiro atoms. The molecular formula is C16H21NO2. The lowest BCUT2D eigenvalue weighted by atomic mass is 10.0. The summed E-state index contributed by atoms with van der Waals surface area (Å²) in [6, 6.07) is 7.89. The van der Waals surface area contributed by atoms with Crippen molar-refractivity contribution >= 4 is 11.9 Å². The average molecular weight is 259 g/mol. The first-order chi connectivity index (χ1) is 9.22. The van der Waals surface area contributed by atoms with Crippen LogP contribution in [0.25, 0.3) is 6.08 Å². The molecule has 0 bridgehead atoms. The second-order valence-corrected chi connectivity index (χ2v) is 4.72. The molecular weight excluding hydrogens is 238 g/mol. The van der Waals surface area contributed by atoms with E-state index in [1.165, 1.54) is 0 Å². The van der Waals surface area contributed by atoms with E-state index in [2.05, 4.69) is 11.8 Å². The third-order valence-corrected chi connectivity index (χ3v) is 3.36. The quantitative estimate of drug-likeness (QED) is 0.779. The van der Waals surface area contributed by atoms with Crippen molar-refractivity contribution in [3.63, 3.8) is 0 Å². The van der Waals surface area contributed by atoms with Gasteiger partial charge in [0.15, 0.2) is 5.78 Å². The van der Waals surface area contributed by atoms with E-state index in [-0.39, 0.29) is 5.78 Å². The van der Waals surface area contributed by atoms with Crippen LogP contribution in [0.4, 0.5) is 0 Å². The van der Waals surface area contributed by atoms with Crippen LogP contribution in [0, 0.1) is 0 Å². The van der Waals surface area contributed by atoms with Crippen molar-refractivity contribution in [2.24, 2.45) is 0 Å². The van der Waals surface area contributed by atoms with Crippen molar-refractivity contribution in [2.75, 3.05) is 26.2 Å². The van der Waals surface area contributed by atoms with Crippen LogP contribution in [0.5, 0.6) is 5.75 Å². The van der Waals surface area contributed by atoms with Crippen molar-refractivity contribution in [1.82, 2.24) is 4.90 Å². The first-order valence-electron chi connectivity index (χ1n) is 6.92. The highest BCUT2D eigenvalue weighted by atomic mass is 16.5. The van der Waals surface area contributed by atoms with Crippen molar-refractivity contribution < 1.29 is 9.53 Å². The second-order valence-electron chi connectivity index (χ2n) is 4.72. The van der Waals surface area contributed by atoms with Crippen molar-refractivity contribution in [3.8, 4) is 5.75 Å². The topological polar surface area (TPSA) is 29.5 Å². The summed E-state index contributed by atoms with van der Waals surface area (Å²) in [5, 5.41) is 0. The summed E-state index contributed by atoms with van der Waals surface area (Å²) >= 11 is 0. The molecule has 0 unspecified atom stereocenters. The highest BCUT2D eigenvalue weighted by molar-refractivity contribution is 6.00. The molecule has 3 nitrogen and oxygen atoms in total. The Kier molecular flexibility index (Phi) is 4.74. The Bertz CT molecular complexity index is 479. The molecule has 0 aliphatic carbocycles. The number of likely N-dealkylation sites (N-methyl/N-ethyl adjacent to an activating group) is 1. The number of benzene rings is 1. The zero-order chi connectivity index (χ0) is 13.7. The van der Waals surface area contributed by atoms with Gasteiger partial charge < -0.3 is 4.74 Å². The largest absolute Gasteiger partial charge is 0.494 e. The number of nitrogens with zero attached hydrogens (tertiary/aromatic N) is 1. The minimum absolute atomic E-state index is 0.270. The number of carbonyl (C=O) groups is 1. The van der Waals surface area contributed by atoms with E-state index >= 15 is 0 Å². The van der Waals surface area contributed by atoms with E-state index in [4.69, 9.17) is 4.74 Å². The van der Waals surface area contributed by atoms with E-state index in [0.29, 0.717) is 13.0 Å². The molecule has 1 aromatic rings. The monoisotopic (exact) mass is 259 g/mol. The zero-order valence-electron chi connectivity index (χ0n) is 11.7. The molecule has 1 heterocycles. The number of hydrogen-bond acceptors (Lipinski definition) is 3. The standard InChI is InChI=1S/C16H21NO2/c1-3-17-9-8-16(18)14(12-17)10-13-6-5-7-15(11-13)19-4-2/h5-7,10-11H,3-4,8-9,12H2,1-2H3/b14-10+. The minimum atomic E-state index is 0.270. The number of likely N-dealkylation sites (tertiary alicyclic amines) is 1. The summed E-state index contributed by atoms with van der Waals surface area (Å²) in [4.78, 5) is 14.2. The second kappa shape index (κ2) is 6.53. The Morgan fingerprint density at radius 3 is 2.95 bits per heavy atom. The molecule has 1 saturated heterocycles. The fourth-order valence-electron chi connectivity index (χ4n) is 2.29. The molecule has 0 N–H and O–H groups in total. The first-order valence-corrected chi connectivity index (χ1v) is 6.92. The van der Waals surface area contributed by atoms with Crippen LogP contribution in [-0.4, -0.2) is 36.9 Å². The molecule has 1 aromatic carbocycles. The fraction of sp³-hybridized carbons (Fsp3) is 0.438. The van der Waals surface area contributed by atoms with Gasteiger partial charge in [-0.2, -0.15) is 0 Å². The lowest BCUT2D eigenvalue weighted by Gasteiger charge is -2.26. The maximum Gasteiger partial charge on any atom is 0.161 e. The molecule has 0 saturated carbocycles. The Hall–Kier alpha value is -1.61. The number of ether oxygens (including phenoxy) is 1. The molecule has 19 heavy (non-hydrogen) atoms. The lowest BCUT2D eigenvalue weighted by molar-refractivity contribution is -0.117. The van der Waals surface area contributed by atoms with Crippen LogP contribution < -0.4 is 4.74 Å². The number of piperidine rings is 1. The van der Waals surface area contributed by atoms with Crippen LogP contribution >= 0.6 is 0 Å². The van der Waals surface area contributed by atoms with E-state index in [9.17, 15) is 4.79 Å². The SMILES string of the molecule is CCOc1cccc(/C=C2\CN(CC)CCC2=O)c1. The van der Waals surface area contributed by atoms with Gasteiger partial charge in [-0.25, -0.2) is 0 Å². The molecule has 1 fully saturated rings. The molecule has 0 amide bonds. The van der Waals surface area contributed by atoms with E-state index in [1.54, 1.807) is 0 Å². The Labute approximate surface area is 114 Å². The van der Waals surface area contributed by atoms with Gasteiger partial charge in [-0.15, -0.1) is 0 Å². The highest BCUT2D eigenvalue weighted by Crippen LogP contribution is 2.19. The van der Waals surface area contributed by atoms with Gasteiger partial charge in [0.25, 0.3) is 0 Å². The fourth-order valence-corrected chi connectivity index (χ4v) is 2.29. The van der Waals surface area contributed by atoms with Gasteiger partial charge in [-0.05, 0) is 37.2 Å². The molecule has 102 valence electrons. The third kappa shape index (κ3) is 3.67. The van der Waals surface area contributed by atoms with Gasteiger partial charge in [0.1, 0.15) is 5.75 Å². The number of hydrogen-bond donors (Lipinski definition) is 0. The van der Waals surface area contributed by atoms with Gasteiger partial charge in [-0.3, -0.25) is 9.69 Å². The number of Topliss-reactive ketones (excluding diaryl/α,β-unsaturated/α-hetero) is 1. The van der Waals surface area contributed by atoms with Crippen molar-refractivity contribution in [2.45, 2.75) is 20.3 Å². The average Bonchev–Trinajstić information content (AvgIpc) is 2.42. The van der Waals surface area contributed by atoms with Gasteiger partial charge in [0.05, 0.1) is 6.61 Å². The zero-order valence-corrected chi connectivity index (χ0v) is 11.7. The van der Waals surface area contributed by atoms with Gasteiger partial charge in [0.2, 0.25) is 0 Å². The van der Waals surface area contributed by atoms with Gasteiger partial charge in [-0.1, -0.05) is 19.1 Å². The maximum absolute atomic E-state index is 11.9. The van der Waals surface area contributed by atoms with Crippen molar-refractivity contribution in [3.05, 3.63) is 35.4 Å². The summed E-state index contributed by atoms with van der Waals surface area (Å²) in [7, 11) is 0. The lowest BCUT2D eigenvalue weighted by Crippen LogP contribution is -2.35. The van der Waals surface area contributed by atoms with Crippen LogP contribution in [0.2, 0.25) is 0 Å². The van der Waals surface area contributed by atoms with Crippen LogP contribution in [0.3, 0.4) is 0 Å². The van der Waals surface area contributed by atoms with E-state index in [0.717, 1.165) is 36.5 Å². The normalized spacial score (nSPS) is 18.8. The Morgan fingerprint density at radius 1 is 1.37 bits per heavy atom. The molecule has 0 aromatic heterocycles. The van der Waals surface area contributed by atoms with Crippen molar-refractivity contribution in [1.29, 1.82) is 0 Å². The number of ketones is 1. The summed E-state index contributed by atoms with van der Waals surface area (Å²) in [5.74, 6) is 1.12. The molecule has 3 heteroatoms. The van der Waals surface area contributed by atoms with Gasteiger partial charge >= 0.3 is 0 Å². The molecule has 1 aliphatic heterocycles. The summed E-state index contributed by atoms with van der Waals surface area (Å²) < 4.78 is 5.48. The van der Waals surface area contributed by atoms with Crippen LogP contribution in [-0.2, 0) is 4.79 Å². The smallest absolute Gasteiger partial charge is 0.161 e. The Balaban J connectivity index is 2.18. The van der Waals surface area contributed by atoms with Gasteiger partial charge in [0, 0.05) is 25.1 Å².